The van der Waals surface area contributed by atoms with Gasteiger partial charge in [0.1, 0.15) is 18.2 Å². The van der Waals surface area contributed by atoms with Crippen LogP contribution in [0.5, 0.6) is 0 Å². The van der Waals surface area contributed by atoms with Crippen LogP contribution in [0.25, 0.3) is 17.2 Å². The molecule has 1 aromatic carbocycles. The van der Waals surface area contributed by atoms with Gasteiger partial charge in [-0.05, 0) is 31.1 Å². The highest BCUT2D eigenvalue weighted by Crippen LogP contribution is 2.32. The van der Waals surface area contributed by atoms with Gasteiger partial charge in [0.15, 0.2) is 0 Å². The number of carbonyl (C=O) groups is 5. The van der Waals surface area contributed by atoms with Gasteiger partial charge in [0.05, 0.1) is 151 Å². The van der Waals surface area contributed by atoms with Crippen molar-refractivity contribution in [1.29, 1.82) is 0 Å². The predicted molar refractivity (Wildman–Crippen MR) is 268 cm³/mol. The summed E-state index contributed by atoms with van der Waals surface area (Å²) in [4.78, 5) is 80.1. The van der Waals surface area contributed by atoms with E-state index >= 15 is 0 Å². The SMILES string of the molecule is CCCN(OCC)C(=O)C1=Cc2ccc(-c3cnc(CNC(=O)CCOCCOCCOCCOCCOCCOCCOCCOCCOCCOCCNC(=O)CN4C(=O)C=CC4=O)nc3)cc2N=C(N)C1. The Labute approximate surface area is 432 Å². The molecule has 0 bridgehead atoms. The summed E-state index contributed by atoms with van der Waals surface area (Å²) in [6.45, 7) is 12.8. The van der Waals surface area contributed by atoms with E-state index < -0.39 is 17.7 Å². The van der Waals surface area contributed by atoms with E-state index in [2.05, 4.69) is 25.6 Å². The zero-order chi connectivity index (χ0) is 52.9. The van der Waals surface area contributed by atoms with E-state index in [1.807, 2.05) is 38.1 Å². The number of ether oxygens (including phenoxy) is 10. The minimum atomic E-state index is -0.499. The predicted octanol–water partition coefficient (Wildman–Crippen LogP) is 1.32. The Hall–Kier alpha value is -5.64. The molecule has 5 amide bonds. The van der Waals surface area contributed by atoms with Gasteiger partial charge in [-0.2, -0.15) is 0 Å². The third kappa shape index (κ3) is 25.5. The van der Waals surface area contributed by atoms with Gasteiger partial charge in [-0.3, -0.25) is 33.7 Å². The molecule has 74 heavy (non-hydrogen) atoms. The first-order valence-corrected chi connectivity index (χ1v) is 25.0. The van der Waals surface area contributed by atoms with Gasteiger partial charge >= 0.3 is 0 Å². The smallest absolute Gasteiger partial charge is 0.273 e. The van der Waals surface area contributed by atoms with Crippen molar-refractivity contribution in [2.24, 2.45) is 10.7 Å². The Bertz CT molecular complexity index is 2050. The van der Waals surface area contributed by atoms with Crippen molar-refractivity contribution in [1.82, 2.24) is 30.6 Å². The number of imide groups is 1. The van der Waals surface area contributed by atoms with E-state index in [-0.39, 0.29) is 57.5 Å². The molecule has 2 aromatic rings. The van der Waals surface area contributed by atoms with E-state index in [0.717, 1.165) is 40.2 Å². The molecular weight excluding hydrogens is 969 g/mol. The fourth-order valence-corrected chi connectivity index (χ4v) is 6.61. The largest absolute Gasteiger partial charge is 0.387 e. The average Bonchev–Trinajstić information content (AvgIpc) is 3.60. The van der Waals surface area contributed by atoms with Crippen molar-refractivity contribution in [2.75, 3.05) is 158 Å². The molecule has 0 unspecified atom stereocenters. The number of hydroxylamine groups is 2. The van der Waals surface area contributed by atoms with Crippen LogP contribution in [0.3, 0.4) is 0 Å². The maximum absolute atomic E-state index is 13.2. The number of aliphatic imine (C=N–C) groups is 1. The summed E-state index contributed by atoms with van der Waals surface area (Å²) in [5, 5.41) is 6.78. The molecule has 2 aliphatic heterocycles. The van der Waals surface area contributed by atoms with Crippen LogP contribution in [0.15, 0.2) is 53.3 Å². The zero-order valence-corrected chi connectivity index (χ0v) is 42.8. The molecule has 4 N–H and O–H groups in total. The summed E-state index contributed by atoms with van der Waals surface area (Å²) >= 11 is 0. The summed E-state index contributed by atoms with van der Waals surface area (Å²) < 4.78 is 54.8. The molecule has 3 heterocycles. The minimum absolute atomic E-state index is 0.172. The number of carbonyl (C=O) groups excluding carboxylic acids is 5. The van der Waals surface area contributed by atoms with Gasteiger partial charge in [-0.25, -0.2) is 20.0 Å². The van der Waals surface area contributed by atoms with Crippen LogP contribution in [0.1, 0.15) is 44.5 Å². The summed E-state index contributed by atoms with van der Waals surface area (Å²) in [6.07, 6.45) is 8.60. The molecule has 0 radical (unpaired) electrons. The maximum Gasteiger partial charge on any atom is 0.273 e. The van der Waals surface area contributed by atoms with Crippen molar-refractivity contribution in [2.45, 2.75) is 39.7 Å². The number of rotatable bonds is 43. The van der Waals surface area contributed by atoms with Crippen molar-refractivity contribution >= 4 is 47.1 Å². The van der Waals surface area contributed by atoms with E-state index in [0.29, 0.717) is 155 Å². The lowest BCUT2D eigenvalue weighted by atomic mass is 10.0. The van der Waals surface area contributed by atoms with Crippen LogP contribution in [0, 0.1) is 0 Å². The molecule has 0 spiro atoms. The van der Waals surface area contributed by atoms with Crippen LogP contribution < -0.4 is 16.4 Å². The highest BCUT2D eigenvalue weighted by Gasteiger charge is 2.25. The molecule has 1 aromatic heterocycles. The van der Waals surface area contributed by atoms with Gasteiger partial charge < -0.3 is 63.7 Å². The molecule has 0 saturated heterocycles. The maximum atomic E-state index is 13.2. The van der Waals surface area contributed by atoms with Crippen molar-refractivity contribution in [3.63, 3.8) is 0 Å². The number of hydrogen-bond donors (Lipinski definition) is 3. The fraction of sp³-hybridized carbons (Fsp3) is 0.600. The Morgan fingerprint density at radius 1 is 0.635 bits per heavy atom. The Balaban J connectivity index is 0.848. The number of nitrogens with zero attached hydrogens (tertiary/aromatic N) is 5. The monoisotopic (exact) mass is 1040 g/mol. The molecule has 0 fully saturated rings. The van der Waals surface area contributed by atoms with E-state index in [9.17, 15) is 24.0 Å². The number of amides is 5. The third-order valence-corrected chi connectivity index (χ3v) is 10.3. The standard InChI is InChI=1S/C50H74N8O16/c1-3-11-58(74-4-2)50(63)41-32-40-6-5-39(33-43(40)56-44(51)34-41)42-35-53-45(54-36-42)37-55-46(59)9-12-64-14-16-66-18-20-68-22-24-70-26-28-72-30-31-73-29-27-71-25-23-69-21-19-67-17-15-65-13-10-52-47(60)38-57-48(61)7-8-49(57)62/h5-8,32-33,35-36H,3-4,9-31,34,37-38H2,1-2H3,(H2,51,56)(H,52,60)(H,55,59). The van der Waals surface area contributed by atoms with Crippen LogP contribution in [0.4, 0.5) is 5.69 Å². The zero-order valence-electron chi connectivity index (χ0n) is 42.8. The molecule has 0 aliphatic carbocycles. The Morgan fingerprint density at radius 2 is 1.12 bits per heavy atom. The third-order valence-electron chi connectivity index (χ3n) is 10.3. The fourth-order valence-electron chi connectivity index (χ4n) is 6.61. The van der Waals surface area contributed by atoms with E-state index in [1.54, 1.807) is 12.4 Å². The van der Waals surface area contributed by atoms with E-state index in [4.69, 9.17) is 57.9 Å². The summed E-state index contributed by atoms with van der Waals surface area (Å²) in [6, 6.07) is 5.68. The van der Waals surface area contributed by atoms with Crippen molar-refractivity contribution in [3.05, 3.63) is 59.7 Å². The lowest BCUT2D eigenvalue weighted by Gasteiger charge is -2.21. The van der Waals surface area contributed by atoms with Crippen molar-refractivity contribution < 1.29 is 76.2 Å². The number of benzene rings is 1. The average molecular weight is 1040 g/mol. The molecule has 0 atom stereocenters. The number of hydrogen-bond acceptors (Lipinski definition) is 20. The highest BCUT2D eigenvalue weighted by atomic mass is 16.7. The molecule has 24 heteroatoms. The minimum Gasteiger partial charge on any atom is -0.387 e. The number of nitrogens with one attached hydrogen (secondary N) is 2. The molecule has 410 valence electrons. The number of aromatic nitrogens is 2. The molecular formula is C50H74N8O16. The number of nitrogens with two attached hydrogens (primary N) is 1. The lowest BCUT2D eigenvalue weighted by Crippen LogP contribution is -2.41. The summed E-state index contributed by atoms with van der Waals surface area (Å²) in [5.41, 5.74) is 9.72. The first-order valence-electron chi connectivity index (χ1n) is 25.0. The van der Waals surface area contributed by atoms with Crippen LogP contribution >= 0.6 is 0 Å². The van der Waals surface area contributed by atoms with E-state index in [1.165, 1.54) is 5.06 Å². The number of fused-ring (bicyclic) bond motifs is 1. The van der Waals surface area contributed by atoms with Gasteiger partial charge in [0.2, 0.25) is 11.8 Å². The molecule has 0 saturated carbocycles. The van der Waals surface area contributed by atoms with Gasteiger partial charge in [-0.15, -0.1) is 0 Å². The summed E-state index contributed by atoms with van der Waals surface area (Å²) in [5.74, 6) is -1.06. The first kappa shape index (κ1) is 60.9. The second-order valence-corrected chi connectivity index (χ2v) is 16.0. The molecule has 2 aliphatic rings. The highest BCUT2D eigenvalue weighted by molar-refractivity contribution is 6.14. The quantitative estimate of drug-likeness (QED) is 0.0480. The Morgan fingerprint density at radius 3 is 1.61 bits per heavy atom. The summed E-state index contributed by atoms with van der Waals surface area (Å²) in [7, 11) is 0. The lowest BCUT2D eigenvalue weighted by molar-refractivity contribution is -0.180. The topological polar surface area (TPSA) is 282 Å². The van der Waals surface area contributed by atoms with Crippen LogP contribution in [-0.2, 0) is 82.7 Å². The Kier molecular flexibility index (Phi) is 31.3. The van der Waals surface area contributed by atoms with Gasteiger partial charge in [-0.1, -0.05) is 19.1 Å². The second-order valence-electron chi connectivity index (χ2n) is 16.0. The number of amidine groups is 1. The second kappa shape index (κ2) is 38.0. The molecule has 4 rings (SSSR count). The van der Waals surface area contributed by atoms with Gasteiger partial charge in [0.25, 0.3) is 17.7 Å². The van der Waals surface area contributed by atoms with Crippen LogP contribution in [0.2, 0.25) is 0 Å². The van der Waals surface area contributed by atoms with Gasteiger partial charge in [0, 0.05) is 67.2 Å². The first-order chi connectivity index (χ1) is 36.2. The van der Waals surface area contributed by atoms with Crippen molar-refractivity contribution in [3.8, 4) is 11.1 Å². The normalized spacial score (nSPS) is 13.2. The molecule has 24 nitrogen and oxygen atoms in total. The van der Waals surface area contributed by atoms with Crippen LogP contribution in [-0.4, -0.2) is 214 Å².